The summed E-state index contributed by atoms with van der Waals surface area (Å²) in [6, 6.07) is 6.23. The van der Waals surface area contributed by atoms with Crippen molar-refractivity contribution in [1.82, 2.24) is 15.0 Å². The second-order valence-corrected chi connectivity index (χ2v) is 11.8. The number of halogens is 3. The molecule has 1 amide bonds. The molecule has 1 unspecified atom stereocenters. The molecule has 3 aromatic rings. The summed E-state index contributed by atoms with van der Waals surface area (Å²) in [5.41, 5.74) is -0.799. The van der Waals surface area contributed by atoms with Gasteiger partial charge in [-0.2, -0.15) is 13.2 Å². The minimum atomic E-state index is -4.58. The van der Waals surface area contributed by atoms with E-state index in [-0.39, 0.29) is 23.4 Å². The van der Waals surface area contributed by atoms with Crippen LogP contribution in [0.15, 0.2) is 36.7 Å². The van der Waals surface area contributed by atoms with Crippen molar-refractivity contribution in [1.29, 1.82) is 0 Å². The van der Waals surface area contributed by atoms with Crippen LogP contribution in [0.5, 0.6) is 0 Å². The van der Waals surface area contributed by atoms with Gasteiger partial charge in [-0.05, 0) is 63.4 Å². The average molecular weight is 550 g/mol. The summed E-state index contributed by atoms with van der Waals surface area (Å²) < 4.78 is 38.9. The molecule has 12 heteroatoms. The number of nitrogens with zero attached hydrogens (tertiary/aromatic N) is 4. The van der Waals surface area contributed by atoms with Crippen molar-refractivity contribution in [2.24, 2.45) is 0 Å². The summed E-state index contributed by atoms with van der Waals surface area (Å²) in [5.74, 6) is -0.178. The number of benzene rings is 1. The van der Waals surface area contributed by atoms with Gasteiger partial charge < -0.3 is 20.3 Å². The van der Waals surface area contributed by atoms with Gasteiger partial charge in [0.05, 0.1) is 23.5 Å². The monoisotopic (exact) mass is 549 g/mol. The van der Waals surface area contributed by atoms with Gasteiger partial charge in [0.15, 0.2) is 0 Å². The van der Waals surface area contributed by atoms with E-state index in [1.165, 1.54) is 11.3 Å². The van der Waals surface area contributed by atoms with E-state index in [0.29, 0.717) is 30.1 Å². The predicted octanol–water partition coefficient (Wildman–Crippen LogP) is 5.00. The van der Waals surface area contributed by atoms with E-state index < -0.39 is 29.1 Å². The molecule has 8 nitrogen and oxygen atoms in total. The van der Waals surface area contributed by atoms with Crippen LogP contribution in [0, 0.1) is 6.92 Å². The Hall–Kier alpha value is -3.09. The Labute approximate surface area is 222 Å². The number of carbonyl (C=O) groups excluding carboxylic acids is 1. The van der Waals surface area contributed by atoms with Crippen LogP contribution in [0.25, 0.3) is 10.4 Å². The second-order valence-electron chi connectivity index (χ2n) is 10.7. The highest BCUT2D eigenvalue weighted by Crippen LogP contribution is 2.42. The molecule has 3 heterocycles. The number of hydrogen-bond acceptors (Lipinski definition) is 8. The zero-order chi connectivity index (χ0) is 27.9. The van der Waals surface area contributed by atoms with Gasteiger partial charge >= 0.3 is 6.18 Å². The molecule has 4 rings (SSSR count). The molecule has 1 aliphatic heterocycles. The van der Waals surface area contributed by atoms with Crippen LogP contribution in [-0.4, -0.2) is 49.3 Å². The number of amides is 1. The molecule has 0 bridgehead atoms. The van der Waals surface area contributed by atoms with Crippen LogP contribution < -0.4 is 10.4 Å². The van der Waals surface area contributed by atoms with Gasteiger partial charge in [0.1, 0.15) is 16.3 Å². The van der Waals surface area contributed by atoms with Crippen molar-refractivity contribution in [2.45, 2.75) is 64.3 Å². The Morgan fingerprint density at radius 1 is 1.16 bits per heavy atom. The van der Waals surface area contributed by atoms with Gasteiger partial charge in [-0.15, -0.1) is 11.3 Å². The molecule has 204 valence electrons. The average Bonchev–Trinajstić information content (AvgIpc) is 3.23. The smallest absolute Gasteiger partial charge is 0.433 e. The molecule has 1 saturated heterocycles. The molecule has 38 heavy (non-hydrogen) atoms. The molecule has 1 aliphatic rings. The Morgan fingerprint density at radius 2 is 1.89 bits per heavy atom. The second kappa shape index (κ2) is 9.90. The van der Waals surface area contributed by atoms with Gasteiger partial charge in [-0.1, -0.05) is 6.07 Å². The number of likely N-dealkylation sites (tertiary alicyclic amines) is 1. The molecule has 2 atom stereocenters. The minimum absolute atomic E-state index is 0.178. The molecule has 1 aromatic carbocycles. The Morgan fingerprint density at radius 3 is 2.55 bits per heavy atom. The topological polar surface area (TPSA) is 111 Å². The van der Waals surface area contributed by atoms with Crippen LogP contribution in [-0.2, 0) is 11.8 Å². The van der Waals surface area contributed by atoms with Crippen LogP contribution in [0.2, 0.25) is 0 Å². The number of carboxylic acid groups (broad SMARTS) is 1. The van der Waals surface area contributed by atoms with Crippen LogP contribution in [0.3, 0.4) is 0 Å². The summed E-state index contributed by atoms with van der Waals surface area (Å²) in [5, 5.41) is 27.1. The number of aromatic nitrogens is 3. The van der Waals surface area contributed by atoms with Crippen molar-refractivity contribution in [3.63, 3.8) is 0 Å². The number of quaternary nitrogens is 1. The molecule has 0 radical (unpaired) electrons. The number of hydrogen-bond donors (Lipinski definition) is 2. The standard InChI is InChI=1S/C26H30F3N5O3S/c1-16-12-17(14-18(13-16)32-22-30-9-6-20(33-22)26(27,28)29)19-15-31-21(38-19)25(37)7-5-10-34(11-8-25,23(35)36)24(2,3)4/h6,9,12-15,37H,5,7-8,10-11H2,1-4H3,(H-,30,32,33,35,36)/t25-,34?/m0/s1. The fraction of sp³-hybridized carbons (Fsp3) is 0.462. The van der Waals surface area contributed by atoms with E-state index in [2.05, 4.69) is 20.3 Å². The third-order valence-corrected chi connectivity index (χ3v) is 8.38. The summed E-state index contributed by atoms with van der Waals surface area (Å²) in [4.78, 5) is 24.9. The largest absolute Gasteiger partial charge is 0.498 e. The van der Waals surface area contributed by atoms with Crippen LogP contribution in [0.1, 0.15) is 56.3 Å². The van der Waals surface area contributed by atoms with Crippen molar-refractivity contribution in [3.05, 3.63) is 52.9 Å². The maximum absolute atomic E-state index is 13.0. The molecule has 2 aromatic heterocycles. The molecule has 1 fully saturated rings. The van der Waals surface area contributed by atoms with Gasteiger partial charge in [0.25, 0.3) is 6.09 Å². The number of carbonyl (C=O) groups is 1. The van der Waals surface area contributed by atoms with Crippen LogP contribution >= 0.6 is 11.3 Å². The number of anilines is 2. The SMILES string of the molecule is Cc1cc(Nc2nccc(C(F)(F)F)n2)cc(-c2cnc([C@]3(O)CCC[N+](C(=O)[O-])(C(C)(C)C)CC3)s2)c1. The third-order valence-electron chi connectivity index (χ3n) is 7.14. The van der Waals surface area contributed by atoms with Gasteiger partial charge in [-0.25, -0.2) is 15.0 Å². The highest BCUT2D eigenvalue weighted by atomic mass is 32.1. The first-order valence-corrected chi connectivity index (χ1v) is 13.0. The molecule has 2 N–H and O–H groups in total. The highest BCUT2D eigenvalue weighted by molar-refractivity contribution is 7.15. The zero-order valence-electron chi connectivity index (χ0n) is 21.6. The van der Waals surface area contributed by atoms with E-state index in [0.717, 1.165) is 28.3 Å². The summed E-state index contributed by atoms with van der Waals surface area (Å²) in [6.45, 7) is 8.02. The summed E-state index contributed by atoms with van der Waals surface area (Å²) >= 11 is 1.31. The molecule has 0 aliphatic carbocycles. The number of nitrogens with one attached hydrogen (secondary N) is 1. The maximum atomic E-state index is 13.0. The quantitative estimate of drug-likeness (QED) is 0.441. The number of rotatable bonds is 4. The van der Waals surface area contributed by atoms with E-state index >= 15 is 0 Å². The number of aryl methyl sites for hydroxylation is 1. The van der Waals surface area contributed by atoms with E-state index in [1.807, 2.05) is 33.8 Å². The van der Waals surface area contributed by atoms with Crippen LogP contribution in [0.4, 0.5) is 29.6 Å². The van der Waals surface area contributed by atoms with Crippen molar-refractivity contribution < 1.29 is 32.7 Å². The van der Waals surface area contributed by atoms with Crippen molar-refractivity contribution >= 4 is 29.1 Å². The molecule has 0 saturated carbocycles. The fourth-order valence-electron chi connectivity index (χ4n) is 4.92. The number of alkyl halides is 3. The summed E-state index contributed by atoms with van der Waals surface area (Å²) in [6.07, 6.45) is -1.95. The fourth-order valence-corrected chi connectivity index (χ4v) is 5.97. The maximum Gasteiger partial charge on any atom is 0.433 e. The summed E-state index contributed by atoms with van der Waals surface area (Å²) in [7, 11) is 0. The van der Waals surface area contributed by atoms with Gasteiger partial charge in [-0.3, -0.25) is 4.48 Å². The number of thiazole rings is 1. The highest BCUT2D eigenvalue weighted by Gasteiger charge is 2.48. The first-order chi connectivity index (χ1) is 17.6. The van der Waals surface area contributed by atoms with Gasteiger partial charge in [0.2, 0.25) is 5.95 Å². The van der Waals surface area contributed by atoms with Gasteiger partial charge in [0, 0.05) is 30.9 Å². The Balaban J connectivity index is 1.59. The molecule has 0 spiro atoms. The Bertz CT molecular complexity index is 1340. The van der Waals surface area contributed by atoms with Crippen molar-refractivity contribution in [2.75, 3.05) is 18.4 Å². The Kier molecular flexibility index (Phi) is 7.28. The molecular weight excluding hydrogens is 519 g/mol. The van der Waals surface area contributed by atoms with E-state index in [1.54, 1.807) is 18.3 Å². The lowest BCUT2D eigenvalue weighted by Gasteiger charge is -2.47. The lowest BCUT2D eigenvalue weighted by Crippen LogP contribution is -2.68. The lowest BCUT2D eigenvalue weighted by atomic mass is 9.95. The normalized spacial score (nSPS) is 22.6. The molecular formula is C26H30F3N5O3S. The van der Waals surface area contributed by atoms with E-state index in [9.17, 15) is 28.2 Å². The first-order valence-electron chi connectivity index (χ1n) is 12.2. The van der Waals surface area contributed by atoms with Crippen molar-refractivity contribution in [3.8, 4) is 10.4 Å². The minimum Gasteiger partial charge on any atom is -0.498 e. The predicted molar refractivity (Wildman–Crippen MR) is 135 cm³/mol. The zero-order valence-corrected chi connectivity index (χ0v) is 22.4. The third kappa shape index (κ3) is 5.52. The first kappa shape index (κ1) is 27.9. The number of aliphatic hydroxyl groups is 1. The van der Waals surface area contributed by atoms with E-state index in [4.69, 9.17) is 0 Å². The lowest BCUT2D eigenvalue weighted by molar-refractivity contribution is -0.919.